The van der Waals surface area contributed by atoms with Crippen LogP contribution in [0.5, 0.6) is 0 Å². The summed E-state index contributed by atoms with van der Waals surface area (Å²) in [6, 6.07) is 13.2. The van der Waals surface area contributed by atoms with Crippen LogP contribution in [0.25, 0.3) is 0 Å². The normalized spacial score (nSPS) is 12.6. The third-order valence-corrected chi connectivity index (χ3v) is 3.73. The summed E-state index contributed by atoms with van der Waals surface area (Å²) in [6.45, 7) is 7.30. The van der Waals surface area contributed by atoms with Gasteiger partial charge in [-0.15, -0.1) is 0 Å². The molecule has 0 fully saturated rings. The van der Waals surface area contributed by atoms with E-state index in [0.717, 1.165) is 18.1 Å². The predicted molar refractivity (Wildman–Crippen MR) is 84.0 cm³/mol. The van der Waals surface area contributed by atoms with E-state index >= 15 is 0 Å². The first-order valence-electron chi connectivity index (χ1n) is 7.51. The van der Waals surface area contributed by atoms with Crippen molar-refractivity contribution in [3.05, 3.63) is 59.0 Å². The van der Waals surface area contributed by atoms with E-state index in [4.69, 9.17) is 4.42 Å². The lowest BCUT2D eigenvalue weighted by Gasteiger charge is -2.13. The monoisotopic (exact) mass is 271 g/mol. The number of furan rings is 1. The summed E-state index contributed by atoms with van der Waals surface area (Å²) < 4.78 is 5.58. The molecular weight excluding hydrogens is 246 g/mol. The van der Waals surface area contributed by atoms with Crippen LogP contribution in [-0.2, 0) is 6.42 Å². The Balaban J connectivity index is 1.67. The number of nitrogens with one attached hydrogen (secondary N) is 1. The van der Waals surface area contributed by atoms with Gasteiger partial charge in [0.25, 0.3) is 0 Å². The lowest BCUT2D eigenvalue weighted by atomic mass is 10.1. The van der Waals surface area contributed by atoms with Crippen molar-refractivity contribution < 1.29 is 4.42 Å². The Morgan fingerprint density at radius 3 is 2.50 bits per heavy atom. The van der Waals surface area contributed by atoms with Crippen LogP contribution < -0.4 is 5.32 Å². The highest BCUT2D eigenvalue weighted by Gasteiger charge is 2.11. The molecule has 0 amide bonds. The van der Waals surface area contributed by atoms with Gasteiger partial charge in [0.1, 0.15) is 11.5 Å². The number of aryl methyl sites for hydroxylation is 3. The molecule has 1 heterocycles. The molecule has 1 aromatic heterocycles. The Kier molecular flexibility index (Phi) is 5.42. The number of hydrogen-bond donors (Lipinski definition) is 1. The number of rotatable bonds is 7. The van der Waals surface area contributed by atoms with Gasteiger partial charge < -0.3 is 9.73 Å². The van der Waals surface area contributed by atoms with Crippen LogP contribution in [0, 0.1) is 13.8 Å². The van der Waals surface area contributed by atoms with Crippen LogP contribution in [-0.4, -0.2) is 6.54 Å². The Morgan fingerprint density at radius 2 is 1.85 bits per heavy atom. The van der Waals surface area contributed by atoms with Gasteiger partial charge in [-0.1, -0.05) is 30.3 Å². The second-order valence-corrected chi connectivity index (χ2v) is 5.49. The fourth-order valence-corrected chi connectivity index (χ4v) is 2.61. The second-order valence-electron chi connectivity index (χ2n) is 5.49. The predicted octanol–water partition coefficient (Wildman–Crippen LogP) is 4.57. The molecule has 2 rings (SSSR count). The number of benzene rings is 1. The quantitative estimate of drug-likeness (QED) is 0.746. The minimum Gasteiger partial charge on any atom is -0.466 e. The third kappa shape index (κ3) is 4.24. The molecule has 1 aromatic carbocycles. The fourth-order valence-electron chi connectivity index (χ4n) is 2.61. The van der Waals surface area contributed by atoms with E-state index in [1.165, 1.54) is 30.4 Å². The van der Waals surface area contributed by atoms with Gasteiger partial charge in [0.2, 0.25) is 0 Å². The molecule has 0 saturated carbocycles. The maximum atomic E-state index is 5.58. The minimum absolute atomic E-state index is 0.365. The molecule has 2 nitrogen and oxygen atoms in total. The first kappa shape index (κ1) is 14.9. The highest BCUT2D eigenvalue weighted by molar-refractivity contribution is 5.23. The Hall–Kier alpha value is -1.54. The van der Waals surface area contributed by atoms with E-state index in [1.807, 2.05) is 13.8 Å². The molecule has 20 heavy (non-hydrogen) atoms. The lowest BCUT2D eigenvalue weighted by Crippen LogP contribution is -2.20. The molecule has 1 N–H and O–H groups in total. The van der Waals surface area contributed by atoms with Crippen LogP contribution in [0.15, 0.2) is 40.8 Å². The van der Waals surface area contributed by atoms with Gasteiger partial charge >= 0.3 is 0 Å². The first-order valence-corrected chi connectivity index (χ1v) is 7.51. The van der Waals surface area contributed by atoms with Crippen LogP contribution in [0.1, 0.15) is 48.5 Å². The topological polar surface area (TPSA) is 25.2 Å². The van der Waals surface area contributed by atoms with Crippen LogP contribution in [0.4, 0.5) is 0 Å². The van der Waals surface area contributed by atoms with Crippen molar-refractivity contribution >= 4 is 0 Å². The summed E-state index contributed by atoms with van der Waals surface area (Å²) in [4.78, 5) is 0. The van der Waals surface area contributed by atoms with Gasteiger partial charge in [-0.05, 0) is 58.2 Å². The zero-order valence-electron chi connectivity index (χ0n) is 12.8. The number of hydrogen-bond acceptors (Lipinski definition) is 2. The molecule has 0 spiro atoms. The first-order chi connectivity index (χ1) is 9.66. The van der Waals surface area contributed by atoms with Crippen molar-refractivity contribution in [1.82, 2.24) is 5.32 Å². The molecule has 0 radical (unpaired) electrons. The van der Waals surface area contributed by atoms with E-state index in [0.29, 0.717) is 6.04 Å². The maximum absolute atomic E-state index is 5.58. The van der Waals surface area contributed by atoms with Gasteiger partial charge in [-0.3, -0.25) is 0 Å². The second kappa shape index (κ2) is 7.30. The van der Waals surface area contributed by atoms with E-state index in [2.05, 4.69) is 48.6 Å². The average molecular weight is 271 g/mol. The Labute approximate surface area is 122 Å². The maximum Gasteiger partial charge on any atom is 0.105 e. The van der Waals surface area contributed by atoms with Gasteiger partial charge in [0, 0.05) is 11.6 Å². The molecule has 1 atom stereocenters. The van der Waals surface area contributed by atoms with Crippen molar-refractivity contribution in [1.29, 1.82) is 0 Å². The third-order valence-electron chi connectivity index (χ3n) is 3.73. The van der Waals surface area contributed by atoms with Gasteiger partial charge in [-0.25, -0.2) is 0 Å². The fraction of sp³-hybridized carbons (Fsp3) is 0.444. The van der Waals surface area contributed by atoms with Crippen LogP contribution in [0.3, 0.4) is 0 Å². The molecule has 0 aliphatic rings. The summed E-state index contributed by atoms with van der Waals surface area (Å²) in [6.07, 6.45) is 3.60. The Bertz CT molecular complexity index is 515. The van der Waals surface area contributed by atoms with Gasteiger partial charge in [0.15, 0.2) is 0 Å². The molecule has 2 heteroatoms. The van der Waals surface area contributed by atoms with E-state index in [-0.39, 0.29) is 0 Å². The highest BCUT2D eigenvalue weighted by atomic mass is 16.3. The summed E-state index contributed by atoms with van der Waals surface area (Å²) in [5, 5.41) is 3.58. The summed E-state index contributed by atoms with van der Waals surface area (Å²) in [5.41, 5.74) is 2.72. The van der Waals surface area contributed by atoms with E-state index in [1.54, 1.807) is 0 Å². The lowest BCUT2D eigenvalue weighted by molar-refractivity contribution is 0.487. The summed E-state index contributed by atoms with van der Waals surface area (Å²) in [7, 11) is 0. The van der Waals surface area contributed by atoms with Crippen LogP contribution in [0.2, 0.25) is 0 Å². The van der Waals surface area contributed by atoms with Crippen molar-refractivity contribution in [2.24, 2.45) is 0 Å². The smallest absolute Gasteiger partial charge is 0.105 e. The zero-order valence-corrected chi connectivity index (χ0v) is 12.8. The molecule has 0 aliphatic carbocycles. The van der Waals surface area contributed by atoms with Crippen molar-refractivity contribution in [2.45, 2.75) is 46.1 Å². The zero-order chi connectivity index (χ0) is 14.4. The van der Waals surface area contributed by atoms with Crippen LogP contribution >= 0.6 is 0 Å². The van der Waals surface area contributed by atoms with Crippen molar-refractivity contribution in [3.8, 4) is 0 Å². The molecule has 0 saturated heterocycles. The minimum atomic E-state index is 0.365. The SMILES string of the molecule is Cc1cc(C(C)NCCCCc2ccccc2)c(C)o1. The number of unbranched alkanes of at least 4 members (excludes halogenated alkanes) is 1. The summed E-state index contributed by atoms with van der Waals surface area (Å²) in [5.74, 6) is 2.03. The molecule has 2 aromatic rings. The molecule has 0 aliphatic heterocycles. The molecule has 0 bridgehead atoms. The summed E-state index contributed by atoms with van der Waals surface area (Å²) >= 11 is 0. The highest BCUT2D eigenvalue weighted by Crippen LogP contribution is 2.21. The van der Waals surface area contributed by atoms with Crippen molar-refractivity contribution in [2.75, 3.05) is 6.54 Å². The molecule has 108 valence electrons. The average Bonchev–Trinajstić information content (AvgIpc) is 2.78. The van der Waals surface area contributed by atoms with E-state index in [9.17, 15) is 0 Å². The largest absolute Gasteiger partial charge is 0.466 e. The van der Waals surface area contributed by atoms with Crippen molar-refractivity contribution in [3.63, 3.8) is 0 Å². The van der Waals surface area contributed by atoms with E-state index < -0.39 is 0 Å². The standard InChI is InChI=1S/C18H25NO/c1-14-13-18(16(3)20-14)15(2)19-12-8-7-11-17-9-5-4-6-10-17/h4-6,9-10,13,15,19H,7-8,11-12H2,1-3H3. The molecular formula is C18H25NO. The van der Waals surface area contributed by atoms with Gasteiger partial charge in [-0.2, -0.15) is 0 Å². The molecule has 1 unspecified atom stereocenters. The van der Waals surface area contributed by atoms with Gasteiger partial charge in [0.05, 0.1) is 0 Å². The Morgan fingerprint density at radius 1 is 1.10 bits per heavy atom.